The fourth-order valence-corrected chi connectivity index (χ4v) is 2.60. The molecule has 0 N–H and O–H groups in total. The summed E-state index contributed by atoms with van der Waals surface area (Å²) in [6.07, 6.45) is 0. The number of rotatable bonds is 5. The van der Waals surface area contributed by atoms with Crippen LogP contribution in [0, 0.1) is 5.82 Å². The molecule has 6 nitrogen and oxygen atoms in total. The quantitative estimate of drug-likeness (QED) is 0.695. The molecular formula is C20H18FN3O3. The molecule has 1 amide bonds. The van der Waals surface area contributed by atoms with Crippen molar-refractivity contribution in [2.75, 3.05) is 14.2 Å². The van der Waals surface area contributed by atoms with Gasteiger partial charge in [0, 0.05) is 19.7 Å². The average molecular weight is 367 g/mol. The SMILES string of the molecule is COc1cccc(CN(C)C(=O)c2ccc(=O)n(-c3ccc(F)cc3)n2)c1. The Bertz CT molecular complexity index is 1020. The largest absolute Gasteiger partial charge is 0.497 e. The normalized spacial score (nSPS) is 10.5. The highest BCUT2D eigenvalue weighted by Gasteiger charge is 2.16. The second-order valence-electron chi connectivity index (χ2n) is 5.96. The van der Waals surface area contributed by atoms with E-state index in [0.29, 0.717) is 18.0 Å². The lowest BCUT2D eigenvalue weighted by atomic mass is 10.2. The Labute approximate surface area is 155 Å². The van der Waals surface area contributed by atoms with Crippen molar-refractivity contribution in [1.29, 1.82) is 0 Å². The number of nitrogens with zero attached hydrogens (tertiary/aromatic N) is 3. The number of carbonyl (C=O) groups excluding carboxylic acids is 1. The second-order valence-corrected chi connectivity index (χ2v) is 5.96. The third-order valence-corrected chi connectivity index (χ3v) is 3.99. The van der Waals surface area contributed by atoms with Crippen molar-refractivity contribution in [2.24, 2.45) is 0 Å². The molecule has 0 aliphatic rings. The highest BCUT2D eigenvalue weighted by atomic mass is 19.1. The average Bonchev–Trinajstić information content (AvgIpc) is 2.68. The summed E-state index contributed by atoms with van der Waals surface area (Å²) in [6.45, 7) is 0.355. The summed E-state index contributed by atoms with van der Waals surface area (Å²) < 4.78 is 19.4. The summed E-state index contributed by atoms with van der Waals surface area (Å²) in [7, 11) is 3.23. The molecule has 0 unspecified atom stereocenters. The van der Waals surface area contributed by atoms with Crippen LogP contribution in [-0.2, 0) is 6.54 Å². The monoisotopic (exact) mass is 367 g/mol. The molecule has 7 heteroatoms. The predicted molar refractivity (Wildman–Crippen MR) is 98.6 cm³/mol. The zero-order chi connectivity index (χ0) is 19.4. The zero-order valence-electron chi connectivity index (χ0n) is 14.9. The van der Waals surface area contributed by atoms with Gasteiger partial charge in [-0.15, -0.1) is 0 Å². The van der Waals surface area contributed by atoms with Crippen LogP contribution in [-0.4, -0.2) is 34.7 Å². The second kappa shape index (κ2) is 7.82. The third-order valence-electron chi connectivity index (χ3n) is 3.99. The molecule has 1 heterocycles. The molecular weight excluding hydrogens is 349 g/mol. The van der Waals surface area contributed by atoms with Gasteiger partial charge in [0.25, 0.3) is 11.5 Å². The molecule has 2 aromatic carbocycles. The van der Waals surface area contributed by atoms with E-state index >= 15 is 0 Å². The van der Waals surface area contributed by atoms with Crippen LogP contribution in [0.5, 0.6) is 5.75 Å². The number of hydrogen-bond acceptors (Lipinski definition) is 4. The third kappa shape index (κ3) is 4.20. The Morgan fingerprint density at radius 2 is 1.89 bits per heavy atom. The van der Waals surface area contributed by atoms with Gasteiger partial charge in [-0.05, 0) is 48.0 Å². The predicted octanol–water partition coefficient (Wildman–Crippen LogP) is 2.65. The molecule has 0 atom stereocenters. The Balaban J connectivity index is 1.84. The molecule has 0 fully saturated rings. The molecule has 27 heavy (non-hydrogen) atoms. The fourth-order valence-electron chi connectivity index (χ4n) is 2.60. The van der Waals surface area contributed by atoms with Gasteiger partial charge in [-0.1, -0.05) is 12.1 Å². The smallest absolute Gasteiger partial charge is 0.274 e. The molecule has 0 saturated carbocycles. The van der Waals surface area contributed by atoms with Crippen molar-refractivity contribution < 1.29 is 13.9 Å². The number of amides is 1. The van der Waals surface area contributed by atoms with Crippen LogP contribution in [0.1, 0.15) is 16.1 Å². The maximum absolute atomic E-state index is 13.1. The summed E-state index contributed by atoms with van der Waals surface area (Å²) in [5.74, 6) is -0.0536. The minimum atomic E-state index is -0.419. The van der Waals surface area contributed by atoms with Crippen molar-refractivity contribution in [2.45, 2.75) is 6.54 Å². The van der Waals surface area contributed by atoms with Gasteiger partial charge in [0.15, 0.2) is 0 Å². The lowest BCUT2D eigenvalue weighted by molar-refractivity contribution is 0.0777. The minimum Gasteiger partial charge on any atom is -0.497 e. The van der Waals surface area contributed by atoms with Crippen molar-refractivity contribution in [3.63, 3.8) is 0 Å². The van der Waals surface area contributed by atoms with E-state index in [4.69, 9.17) is 4.74 Å². The standard InChI is InChI=1S/C20H18FN3O3/c1-23(13-14-4-3-5-17(12-14)27-2)20(26)18-10-11-19(25)24(22-18)16-8-6-15(21)7-9-16/h3-12H,13H2,1-2H3. The highest BCUT2D eigenvalue weighted by molar-refractivity contribution is 5.91. The Morgan fingerprint density at radius 1 is 1.15 bits per heavy atom. The van der Waals surface area contributed by atoms with Gasteiger partial charge in [-0.3, -0.25) is 9.59 Å². The molecule has 0 aliphatic carbocycles. The summed E-state index contributed by atoms with van der Waals surface area (Å²) >= 11 is 0. The van der Waals surface area contributed by atoms with E-state index in [0.717, 1.165) is 10.2 Å². The number of ether oxygens (including phenoxy) is 1. The molecule has 0 bridgehead atoms. The molecule has 3 aromatic rings. The van der Waals surface area contributed by atoms with Crippen LogP contribution in [0.25, 0.3) is 5.69 Å². The van der Waals surface area contributed by atoms with Gasteiger partial charge in [0.1, 0.15) is 17.3 Å². The van der Waals surface area contributed by atoms with Crippen LogP contribution in [0.4, 0.5) is 4.39 Å². The molecule has 0 radical (unpaired) electrons. The summed E-state index contributed by atoms with van der Waals surface area (Å²) in [5.41, 5.74) is 0.987. The number of carbonyl (C=O) groups is 1. The number of halogens is 1. The van der Waals surface area contributed by atoms with Crippen LogP contribution in [0.3, 0.4) is 0 Å². The summed E-state index contributed by atoms with van der Waals surface area (Å²) in [6, 6.07) is 15.4. The lowest BCUT2D eigenvalue weighted by Gasteiger charge is -2.17. The summed E-state index contributed by atoms with van der Waals surface area (Å²) in [4.78, 5) is 26.3. The van der Waals surface area contributed by atoms with Gasteiger partial charge in [0.2, 0.25) is 0 Å². The molecule has 0 aliphatic heterocycles. The van der Waals surface area contributed by atoms with E-state index in [1.807, 2.05) is 24.3 Å². The van der Waals surface area contributed by atoms with Crippen LogP contribution < -0.4 is 10.3 Å². The minimum absolute atomic E-state index is 0.115. The van der Waals surface area contributed by atoms with Gasteiger partial charge in [-0.25, -0.2) is 4.39 Å². The Morgan fingerprint density at radius 3 is 2.59 bits per heavy atom. The van der Waals surface area contributed by atoms with Crippen LogP contribution in [0.2, 0.25) is 0 Å². The Hall–Kier alpha value is -3.48. The van der Waals surface area contributed by atoms with Crippen LogP contribution in [0.15, 0.2) is 65.5 Å². The van der Waals surface area contributed by atoms with Crippen molar-refractivity contribution in [3.8, 4) is 11.4 Å². The zero-order valence-corrected chi connectivity index (χ0v) is 14.9. The van der Waals surface area contributed by atoms with E-state index in [9.17, 15) is 14.0 Å². The number of methoxy groups -OCH3 is 1. The van der Waals surface area contributed by atoms with E-state index in [1.165, 1.54) is 41.3 Å². The topological polar surface area (TPSA) is 64.4 Å². The first-order valence-corrected chi connectivity index (χ1v) is 8.22. The fraction of sp³-hybridized carbons (Fsp3) is 0.150. The maximum Gasteiger partial charge on any atom is 0.274 e. The van der Waals surface area contributed by atoms with E-state index < -0.39 is 11.4 Å². The first-order valence-electron chi connectivity index (χ1n) is 8.22. The van der Waals surface area contributed by atoms with E-state index in [2.05, 4.69) is 5.10 Å². The molecule has 138 valence electrons. The first-order chi connectivity index (χ1) is 13.0. The van der Waals surface area contributed by atoms with Crippen molar-refractivity contribution >= 4 is 5.91 Å². The number of benzene rings is 2. The number of hydrogen-bond donors (Lipinski definition) is 0. The molecule has 0 saturated heterocycles. The lowest BCUT2D eigenvalue weighted by Crippen LogP contribution is -2.30. The molecule has 3 rings (SSSR count). The van der Waals surface area contributed by atoms with Crippen molar-refractivity contribution in [3.05, 3.63) is 88.1 Å². The first kappa shape index (κ1) is 18.3. The van der Waals surface area contributed by atoms with Gasteiger partial charge in [-0.2, -0.15) is 9.78 Å². The molecule has 0 spiro atoms. The van der Waals surface area contributed by atoms with E-state index in [-0.39, 0.29) is 11.6 Å². The van der Waals surface area contributed by atoms with Crippen LogP contribution >= 0.6 is 0 Å². The van der Waals surface area contributed by atoms with E-state index in [1.54, 1.807) is 14.2 Å². The van der Waals surface area contributed by atoms with Crippen molar-refractivity contribution in [1.82, 2.24) is 14.7 Å². The number of aromatic nitrogens is 2. The van der Waals surface area contributed by atoms with Gasteiger partial charge in [0.05, 0.1) is 12.8 Å². The van der Waals surface area contributed by atoms with Gasteiger partial charge < -0.3 is 9.64 Å². The maximum atomic E-state index is 13.1. The van der Waals surface area contributed by atoms with Gasteiger partial charge >= 0.3 is 0 Å². The summed E-state index contributed by atoms with van der Waals surface area (Å²) in [5, 5.41) is 4.13. The molecule has 1 aromatic heterocycles. The highest BCUT2D eigenvalue weighted by Crippen LogP contribution is 2.15. The Kier molecular flexibility index (Phi) is 5.30.